The first-order valence-corrected chi connectivity index (χ1v) is 6.28. The SMILES string of the molecule is Cn1nccc1CCC(=O)c1cc(Cl)cc(Cl)c1. The van der Waals surface area contributed by atoms with Gasteiger partial charge in [0.25, 0.3) is 0 Å². The number of nitrogens with zero attached hydrogens (tertiary/aromatic N) is 2. The van der Waals surface area contributed by atoms with Crippen LogP contribution in [0.15, 0.2) is 30.5 Å². The second-order valence-electron chi connectivity index (χ2n) is 4.03. The van der Waals surface area contributed by atoms with Crippen molar-refractivity contribution in [3.05, 3.63) is 51.8 Å². The highest BCUT2D eigenvalue weighted by molar-refractivity contribution is 6.35. The van der Waals surface area contributed by atoms with E-state index in [4.69, 9.17) is 23.2 Å². The molecule has 0 saturated carbocycles. The van der Waals surface area contributed by atoms with Crippen molar-refractivity contribution in [2.75, 3.05) is 0 Å². The van der Waals surface area contributed by atoms with Crippen LogP contribution in [0.1, 0.15) is 22.5 Å². The predicted molar refractivity (Wildman–Crippen MR) is 72.3 cm³/mol. The molecule has 2 rings (SSSR count). The Hall–Kier alpha value is -1.32. The van der Waals surface area contributed by atoms with Crippen LogP contribution >= 0.6 is 23.2 Å². The van der Waals surface area contributed by atoms with Gasteiger partial charge in [-0.15, -0.1) is 0 Å². The molecule has 0 aliphatic rings. The smallest absolute Gasteiger partial charge is 0.163 e. The summed E-state index contributed by atoms with van der Waals surface area (Å²) in [6, 6.07) is 6.79. The molecule has 94 valence electrons. The Labute approximate surface area is 115 Å². The van der Waals surface area contributed by atoms with Gasteiger partial charge in [0.15, 0.2) is 5.78 Å². The number of ketones is 1. The van der Waals surface area contributed by atoms with E-state index in [1.807, 2.05) is 13.1 Å². The average molecular weight is 283 g/mol. The maximum Gasteiger partial charge on any atom is 0.163 e. The molecule has 0 spiro atoms. The Bertz CT molecular complexity index is 558. The van der Waals surface area contributed by atoms with E-state index in [0.29, 0.717) is 28.5 Å². The maximum atomic E-state index is 12.0. The van der Waals surface area contributed by atoms with Crippen molar-refractivity contribution in [2.24, 2.45) is 7.05 Å². The summed E-state index contributed by atoms with van der Waals surface area (Å²) in [7, 11) is 1.86. The normalized spacial score (nSPS) is 10.6. The zero-order valence-corrected chi connectivity index (χ0v) is 11.4. The largest absolute Gasteiger partial charge is 0.294 e. The summed E-state index contributed by atoms with van der Waals surface area (Å²) in [6.07, 6.45) is 2.78. The summed E-state index contributed by atoms with van der Waals surface area (Å²) >= 11 is 11.7. The molecule has 0 radical (unpaired) electrons. The number of halogens is 2. The van der Waals surface area contributed by atoms with Gasteiger partial charge in [-0.25, -0.2) is 0 Å². The van der Waals surface area contributed by atoms with Crippen molar-refractivity contribution < 1.29 is 4.79 Å². The molecule has 18 heavy (non-hydrogen) atoms. The van der Waals surface area contributed by atoms with Crippen LogP contribution in [0, 0.1) is 0 Å². The van der Waals surface area contributed by atoms with Crippen LogP contribution in [-0.4, -0.2) is 15.6 Å². The molecule has 1 heterocycles. The molecule has 1 aromatic heterocycles. The summed E-state index contributed by atoms with van der Waals surface area (Å²) in [5, 5.41) is 5.01. The van der Waals surface area contributed by atoms with Crippen LogP contribution in [-0.2, 0) is 13.5 Å². The minimum atomic E-state index is 0.0283. The van der Waals surface area contributed by atoms with E-state index in [1.165, 1.54) is 0 Å². The Morgan fingerprint density at radius 1 is 1.28 bits per heavy atom. The number of Topliss-reactive ketones (excluding diaryl/α,β-unsaturated/α-hetero) is 1. The van der Waals surface area contributed by atoms with E-state index >= 15 is 0 Å². The van der Waals surface area contributed by atoms with Gasteiger partial charge in [0.1, 0.15) is 0 Å². The van der Waals surface area contributed by atoms with Crippen molar-refractivity contribution in [1.29, 1.82) is 0 Å². The second kappa shape index (κ2) is 5.55. The highest BCUT2D eigenvalue weighted by Crippen LogP contribution is 2.20. The fraction of sp³-hybridized carbons (Fsp3) is 0.231. The van der Waals surface area contributed by atoms with Gasteiger partial charge < -0.3 is 0 Å². The third-order valence-electron chi connectivity index (χ3n) is 2.72. The molecule has 0 amide bonds. The van der Waals surface area contributed by atoms with Crippen LogP contribution in [0.5, 0.6) is 0 Å². The van der Waals surface area contributed by atoms with Gasteiger partial charge in [0, 0.05) is 41.0 Å². The molecule has 0 N–H and O–H groups in total. The molecule has 5 heteroatoms. The fourth-order valence-corrected chi connectivity index (χ4v) is 2.27. The first kappa shape index (κ1) is 13.1. The lowest BCUT2D eigenvalue weighted by atomic mass is 10.1. The van der Waals surface area contributed by atoms with E-state index < -0.39 is 0 Å². The van der Waals surface area contributed by atoms with E-state index in [-0.39, 0.29) is 5.78 Å². The first-order chi connectivity index (χ1) is 8.56. The van der Waals surface area contributed by atoms with Gasteiger partial charge in [0.05, 0.1) is 0 Å². The van der Waals surface area contributed by atoms with Crippen LogP contribution < -0.4 is 0 Å². The van der Waals surface area contributed by atoms with Crippen molar-refractivity contribution in [3.8, 4) is 0 Å². The maximum absolute atomic E-state index is 12.0. The molecule has 0 bridgehead atoms. The van der Waals surface area contributed by atoms with Gasteiger partial charge in [0.2, 0.25) is 0 Å². The average Bonchev–Trinajstić information content (AvgIpc) is 2.70. The third kappa shape index (κ3) is 3.12. The number of hydrogen-bond acceptors (Lipinski definition) is 2. The lowest BCUT2D eigenvalue weighted by molar-refractivity contribution is 0.0982. The molecular weight excluding hydrogens is 271 g/mol. The van der Waals surface area contributed by atoms with Crippen LogP contribution in [0.4, 0.5) is 0 Å². The van der Waals surface area contributed by atoms with Crippen molar-refractivity contribution >= 4 is 29.0 Å². The predicted octanol–water partition coefficient (Wildman–Crippen LogP) is 3.54. The molecule has 0 aliphatic heterocycles. The molecule has 0 atom stereocenters. The molecule has 3 nitrogen and oxygen atoms in total. The number of rotatable bonds is 4. The standard InChI is InChI=1S/C13H12Cl2N2O/c1-17-12(4-5-16-17)2-3-13(18)9-6-10(14)8-11(15)7-9/h4-8H,2-3H2,1H3. The van der Waals surface area contributed by atoms with Gasteiger partial charge in [-0.2, -0.15) is 5.10 Å². The quantitative estimate of drug-likeness (QED) is 0.804. The van der Waals surface area contributed by atoms with Crippen LogP contribution in [0.25, 0.3) is 0 Å². The first-order valence-electron chi connectivity index (χ1n) is 5.52. The molecule has 0 fully saturated rings. The van der Waals surface area contributed by atoms with Crippen LogP contribution in [0.2, 0.25) is 10.0 Å². The fourth-order valence-electron chi connectivity index (χ4n) is 1.75. The second-order valence-corrected chi connectivity index (χ2v) is 4.90. The van der Waals surface area contributed by atoms with Crippen molar-refractivity contribution in [3.63, 3.8) is 0 Å². The Kier molecular flexibility index (Phi) is 4.04. The van der Waals surface area contributed by atoms with Gasteiger partial charge in [-0.05, 0) is 30.7 Å². The Morgan fingerprint density at radius 2 is 1.94 bits per heavy atom. The summed E-state index contributed by atoms with van der Waals surface area (Å²) in [5.41, 5.74) is 1.58. The van der Waals surface area contributed by atoms with Gasteiger partial charge in [-0.3, -0.25) is 9.48 Å². The minimum Gasteiger partial charge on any atom is -0.294 e. The number of carbonyl (C=O) groups excluding carboxylic acids is 1. The zero-order chi connectivity index (χ0) is 13.1. The number of hydrogen-bond donors (Lipinski definition) is 0. The molecular formula is C13H12Cl2N2O. The zero-order valence-electron chi connectivity index (χ0n) is 9.86. The van der Waals surface area contributed by atoms with Gasteiger partial charge >= 0.3 is 0 Å². The number of benzene rings is 1. The molecule has 0 unspecified atom stereocenters. The highest BCUT2D eigenvalue weighted by atomic mass is 35.5. The van der Waals surface area contributed by atoms with Crippen molar-refractivity contribution in [2.45, 2.75) is 12.8 Å². The summed E-state index contributed by atoms with van der Waals surface area (Å²) in [5.74, 6) is 0.0283. The van der Waals surface area contributed by atoms with E-state index in [1.54, 1.807) is 29.1 Å². The third-order valence-corrected chi connectivity index (χ3v) is 3.15. The van der Waals surface area contributed by atoms with Gasteiger partial charge in [-0.1, -0.05) is 23.2 Å². The minimum absolute atomic E-state index is 0.0283. The summed E-state index contributed by atoms with van der Waals surface area (Å²) < 4.78 is 1.76. The molecule has 0 aliphatic carbocycles. The number of aryl methyl sites for hydroxylation is 2. The number of carbonyl (C=O) groups is 1. The Balaban J connectivity index is 2.06. The Morgan fingerprint density at radius 3 is 2.50 bits per heavy atom. The lowest BCUT2D eigenvalue weighted by Crippen LogP contribution is -2.04. The lowest BCUT2D eigenvalue weighted by Gasteiger charge is -2.03. The monoisotopic (exact) mass is 282 g/mol. The van der Waals surface area contributed by atoms with E-state index in [2.05, 4.69) is 5.10 Å². The molecule has 0 saturated heterocycles. The van der Waals surface area contributed by atoms with E-state index in [9.17, 15) is 4.79 Å². The number of aromatic nitrogens is 2. The van der Waals surface area contributed by atoms with Crippen molar-refractivity contribution in [1.82, 2.24) is 9.78 Å². The van der Waals surface area contributed by atoms with Crippen LogP contribution in [0.3, 0.4) is 0 Å². The topological polar surface area (TPSA) is 34.9 Å². The molecule has 2 aromatic rings. The summed E-state index contributed by atoms with van der Waals surface area (Å²) in [6.45, 7) is 0. The highest BCUT2D eigenvalue weighted by Gasteiger charge is 2.09. The molecule has 1 aromatic carbocycles. The van der Waals surface area contributed by atoms with E-state index in [0.717, 1.165) is 5.69 Å². The summed E-state index contributed by atoms with van der Waals surface area (Å²) in [4.78, 5) is 12.0.